The maximum Gasteiger partial charge on any atom is 0.280 e. The molecule has 1 aliphatic rings. The van der Waals surface area contributed by atoms with E-state index >= 15 is 0 Å². The summed E-state index contributed by atoms with van der Waals surface area (Å²) >= 11 is 5.80. The van der Waals surface area contributed by atoms with Crippen molar-refractivity contribution in [1.29, 1.82) is 0 Å². The molecule has 0 aromatic carbocycles. The first-order valence-electron chi connectivity index (χ1n) is 5.35. The summed E-state index contributed by atoms with van der Waals surface area (Å²) in [7, 11) is 0. The first-order chi connectivity index (χ1) is 7.20. The maximum atomic E-state index is 11.8. The Hall–Kier alpha value is -0.960. The predicted octanol–water partition coefficient (Wildman–Crippen LogP) is 2.35. The third-order valence-electron chi connectivity index (χ3n) is 2.98. The van der Waals surface area contributed by atoms with Crippen molar-refractivity contribution in [2.24, 2.45) is 0 Å². The van der Waals surface area contributed by atoms with Gasteiger partial charge in [0, 0.05) is 6.07 Å². The summed E-state index contributed by atoms with van der Waals surface area (Å²) in [6.07, 6.45) is 3.54. The highest BCUT2D eigenvalue weighted by Gasteiger charge is 2.26. The monoisotopic (exact) mass is 226 g/mol. The SMILES string of the molecule is CC1CCCCN1c1cccc(Cl)[n+]1[O-]. The van der Waals surface area contributed by atoms with Crippen LogP contribution in [0, 0.1) is 5.21 Å². The number of rotatable bonds is 1. The molecular weight excluding hydrogens is 212 g/mol. The molecule has 15 heavy (non-hydrogen) atoms. The van der Waals surface area contributed by atoms with Crippen molar-refractivity contribution in [3.8, 4) is 0 Å². The van der Waals surface area contributed by atoms with E-state index in [1.807, 2.05) is 12.1 Å². The van der Waals surface area contributed by atoms with Crippen LogP contribution in [0.3, 0.4) is 0 Å². The number of nitrogens with zero attached hydrogens (tertiary/aromatic N) is 2. The van der Waals surface area contributed by atoms with Crippen molar-refractivity contribution in [3.05, 3.63) is 28.6 Å². The van der Waals surface area contributed by atoms with Crippen LogP contribution in [0.5, 0.6) is 0 Å². The molecule has 82 valence electrons. The van der Waals surface area contributed by atoms with Crippen molar-refractivity contribution < 1.29 is 4.73 Å². The minimum atomic E-state index is 0.241. The largest absolute Gasteiger partial charge is 0.710 e. The fourth-order valence-corrected chi connectivity index (χ4v) is 2.27. The lowest BCUT2D eigenvalue weighted by Gasteiger charge is -2.30. The molecule has 0 aliphatic carbocycles. The standard InChI is InChI=1S/C11H15ClN2O/c1-9-5-2-3-8-13(9)11-7-4-6-10(12)14(11)15/h4,6-7,9H,2-3,5,8H2,1H3. The van der Waals surface area contributed by atoms with Crippen molar-refractivity contribution in [2.45, 2.75) is 32.2 Å². The molecule has 2 heterocycles. The van der Waals surface area contributed by atoms with E-state index < -0.39 is 0 Å². The number of pyridine rings is 1. The van der Waals surface area contributed by atoms with Crippen molar-refractivity contribution in [3.63, 3.8) is 0 Å². The highest BCUT2D eigenvalue weighted by molar-refractivity contribution is 6.28. The van der Waals surface area contributed by atoms with Gasteiger partial charge in [-0.15, -0.1) is 0 Å². The Labute approximate surface area is 94.9 Å². The molecule has 0 N–H and O–H groups in total. The topological polar surface area (TPSA) is 30.2 Å². The van der Waals surface area contributed by atoms with Gasteiger partial charge in [0.05, 0.1) is 12.6 Å². The minimum Gasteiger partial charge on any atom is -0.710 e. The van der Waals surface area contributed by atoms with Crippen molar-refractivity contribution >= 4 is 17.4 Å². The second-order valence-corrected chi connectivity index (χ2v) is 4.43. The summed E-state index contributed by atoms with van der Waals surface area (Å²) in [4.78, 5) is 2.14. The Morgan fingerprint density at radius 3 is 3.00 bits per heavy atom. The lowest BCUT2D eigenvalue weighted by atomic mass is 10.0. The van der Waals surface area contributed by atoms with Crippen LogP contribution in [0.15, 0.2) is 18.2 Å². The lowest BCUT2D eigenvalue weighted by Crippen LogP contribution is -2.45. The van der Waals surface area contributed by atoms with Gasteiger partial charge >= 0.3 is 0 Å². The second-order valence-electron chi connectivity index (χ2n) is 4.04. The van der Waals surface area contributed by atoms with Crippen LogP contribution in [0.4, 0.5) is 5.82 Å². The number of anilines is 1. The predicted molar refractivity (Wildman–Crippen MR) is 61.1 cm³/mol. The molecule has 1 atom stereocenters. The number of piperidine rings is 1. The van der Waals surface area contributed by atoms with Gasteiger partial charge in [0.25, 0.3) is 5.82 Å². The van der Waals surface area contributed by atoms with Crippen LogP contribution in [0.2, 0.25) is 5.15 Å². The smallest absolute Gasteiger partial charge is 0.280 e. The van der Waals surface area contributed by atoms with Gasteiger partial charge in [0.2, 0.25) is 0 Å². The van der Waals surface area contributed by atoms with Gasteiger partial charge in [-0.2, -0.15) is 0 Å². The third-order valence-corrected chi connectivity index (χ3v) is 3.26. The molecule has 0 saturated carbocycles. The van der Waals surface area contributed by atoms with Crippen LogP contribution in [-0.2, 0) is 0 Å². The zero-order valence-corrected chi connectivity index (χ0v) is 9.57. The van der Waals surface area contributed by atoms with E-state index in [0.717, 1.165) is 24.1 Å². The molecule has 1 saturated heterocycles. The molecule has 0 amide bonds. The Balaban J connectivity index is 2.31. The molecule has 1 aromatic rings. The Morgan fingerprint density at radius 1 is 1.47 bits per heavy atom. The van der Waals surface area contributed by atoms with Crippen molar-refractivity contribution in [2.75, 3.05) is 11.4 Å². The fraction of sp³-hybridized carbons (Fsp3) is 0.545. The second kappa shape index (κ2) is 4.27. The number of aromatic nitrogens is 1. The molecule has 1 aromatic heterocycles. The number of hydrogen-bond donors (Lipinski definition) is 0. The van der Waals surface area contributed by atoms with Gasteiger partial charge in [-0.25, -0.2) is 4.73 Å². The summed E-state index contributed by atoms with van der Waals surface area (Å²) in [5.74, 6) is 0.676. The van der Waals surface area contributed by atoms with E-state index in [1.54, 1.807) is 6.07 Å². The first-order valence-corrected chi connectivity index (χ1v) is 5.72. The summed E-state index contributed by atoms with van der Waals surface area (Å²) in [5.41, 5.74) is 0. The van der Waals surface area contributed by atoms with Crippen LogP contribution in [0.1, 0.15) is 26.2 Å². The van der Waals surface area contributed by atoms with E-state index in [4.69, 9.17) is 11.6 Å². The van der Waals surface area contributed by atoms with Crippen molar-refractivity contribution in [1.82, 2.24) is 0 Å². The molecule has 0 radical (unpaired) electrons. The zero-order chi connectivity index (χ0) is 10.8. The average Bonchev–Trinajstić information content (AvgIpc) is 2.23. The fourth-order valence-electron chi connectivity index (χ4n) is 2.11. The van der Waals surface area contributed by atoms with Gasteiger partial charge in [-0.05, 0) is 49.9 Å². The molecule has 1 unspecified atom stereocenters. The Kier molecular flexibility index (Phi) is 3.00. The maximum absolute atomic E-state index is 11.8. The molecule has 2 rings (SSSR count). The van der Waals surface area contributed by atoms with Gasteiger partial charge in [0.15, 0.2) is 5.15 Å². The van der Waals surface area contributed by atoms with Gasteiger partial charge < -0.3 is 5.21 Å². The number of hydrogen-bond acceptors (Lipinski definition) is 2. The van der Waals surface area contributed by atoms with E-state index in [9.17, 15) is 5.21 Å². The summed E-state index contributed by atoms with van der Waals surface area (Å²) in [6, 6.07) is 5.71. The molecule has 1 aliphatic heterocycles. The molecular formula is C11H15ClN2O. The molecule has 0 bridgehead atoms. The Morgan fingerprint density at radius 2 is 2.27 bits per heavy atom. The molecule has 0 spiro atoms. The molecule has 4 heteroatoms. The summed E-state index contributed by atoms with van der Waals surface area (Å²) < 4.78 is 0.809. The van der Waals surface area contributed by atoms with Gasteiger partial charge in [-0.1, -0.05) is 0 Å². The minimum absolute atomic E-state index is 0.241. The normalized spacial score (nSPS) is 21.7. The van der Waals surface area contributed by atoms with Gasteiger partial charge in [0.1, 0.15) is 0 Å². The number of halogens is 1. The Bertz CT molecular complexity index is 356. The van der Waals surface area contributed by atoms with Crippen LogP contribution < -0.4 is 9.63 Å². The summed E-state index contributed by atoms with van der Waals surface area (Å²) in [6.45, 7) is 3.10. The third kappa shape index (κ3) is 2.02. The highest BCUT2D eigenvalue weighted by Crippen LogP contribution is 2.22. The summed E-state index contributed by atoms with van der Waals surface area (Å²) in [5, 5.41) is 12.0. The molecule has 3 nitrogen and oxygen atoms in total. The van der Waals surface area contributed by atoms with E-state index in [2.05, 4.69) is 11.8 Å². The van der Waals surface area contributed by atoms with Crippen LogP contribution >= 0.6 is 11.6 Å². The van der Waals surface area contributed by atoms with Gasteiger partial charge in [-0.3, -0.25) is 4.90 Å². The average molecular weight is 227 g/mol. The first kappa shape index (κ1) is 10.6. The van der Waals surface area contributed by atoms with E-state index in [1.165, 1.54) is 6.42 Å². The lowest BCUT2D eigenvalue weighted by molar-refractivity contribution is -0.590. The van der Waals surface area contributed by atoms with Crippen LogP contribution in [0.25, 0.3) is 0 Å². The zero-order valence-electron chi connectivity index (χ0n) is 8.82. The molecule has 1 fully saturated rings. The quantitative estimate of drug-likeness (QED) is 0.418. The van der Waals surface area contributed by atoms with Crippen LogP contribution in [-0.4, -0.2) is 12.6 Å². The van der Waals surface area contributed by atoms with E-state index in [-0.39, 0.29) is 5.15 Å². The highest BCUT2D eigenvalue weighted by atomic mass is 35.5. The van der Waals surface area contributed by atoms with E-state index in [0.29, 0.717) is 11.9 Å².